The molecule has 0 saturated carbocycles. The molecular formula is C7H13ClO. The van der Waals surface area contributed by atoms with Crippen LogP contribution in [0.5, 0.6) is 0 Å². The second-order valence-electron chi connectivity index (χ2n) is 1.49. The third kappa shape index (κ3) is 18.3. The van der Waals surface area contributed by atoms with Gasteiger partial charge in [-0.15, -0.1) is 24.8 Å². The molecule has 0 spiro atoms. The van der Waals surface area contributed by atoms with Gasteiger partial charge in [0.05, 0.1) is 0 Å². The van der Waals surface area contributed by atoms with Gasteiger partial charge in [0.1, 0.15) is 5.78 Å². The van der Waals surface area contributed by atoms with Gasteiger partial charge in [-0.05, 0) is 13.3 Å². The molecule has 0 aromatic carbocycles. The van der Waals surface area contributed by atoms with Crippen molar-refractivity contribution < 1.29 is 4.79 Å². The van der Waals surface area contributed by atoms with Crippen molar-refractivity contribution in [2.75, 3.05) is 5.88 Å². The molecule has 0 bridgehead atoms. The highest BCUT2D eigenvalue weighted by molar-refractivity contribution is 6.17. The molecule has 0 atom stereocenters. The number of hydrogen-bond donors (Lipinski definition) is 0. The van der Waals surface area contributed by atoms with Crippen molar-refractivity contribution in [3.8, 4) is 0 Å². The van der Waals surface area contributed by atoms with Gasteiger partial charge in [0.2, 0.25) is 0 Å². The minimum absolute atomic E-state index is 0.223. The lowest BCUT2D eigenvalue weighted by molar-refractivity contribution is -0.117. The summed E-state index contributed by atoms with van der Waals surface area (Å²) in [5.41, 5.74) is 0. The summed E-state index contributed by atoms with van der Waals surface area (Å²) in [5.74, 6) is 0.820. The number of carbonyl (C=O) groups excluding carboxylic acids is 1. The fourth-order valence-electron chi connectivity index (χ4n) is 0.316. The largest absolute Gasteiger partial charge is 0.300 e. The number of hydrogen-bond acceptors (Lipinski definition) is 1. The van der Waals surface area contributed by atoms with Crippen LogP contribution >= 0.6 is 11.6 Å². The summed E-state index contributed by atoms with van der Waals surface area (Å²) in [5, 5.41) is 0. The molecule has 0 amide bonds. The molecule has 0 aliphatic rings. The molecular weight excluding hydrogens is 136 g/mol. The van der Waals surface area contributed by atoms with E-state index in [4.69, 9.17) is 11.6 Å². The molecule has 0 saturated heterocycles. The Morgan fingerprint density at radius 2 is 2.00 bits per heavy atom. The van der Waals surface area contributed by atoms with E-state index in [2.05, 4.69) is 13.2 Å². The molecule has 54 valence electrons. The minimum atomic E-state index is 0.223. The maximum atomic E-state index is 10.1. The zero-order valence-electron chi connectivity index (χ0n) is 5.82. The zero-order valence-corrected chi connectivity index (χ0v) is 6.58. The quantitative estimate of drug-likeness (QED) is 0.444. The molecule has 2 heteroatoms. The number of rotatable bonds is 3. The van der Waals surface area contributed by atoms with Crippen LogP contribution in [0, 0.1) is 0 Å². The average molecular weight is 149 g/mol. The Morgan fingerprint density at radius 3 is 2.11 bits per heavy atom. The van der Waals surface area contributed by atoms with Gasteiger partial charge in [0.25, 0.3) is 0 Å². The Kier molecular flexibility index (Phi) is 13.6. The summed E-state index contributed by atoms with van der Waals surface area (Å²) in [6.45, 7) is 7.58. The van der Waals surface area contributed by atoms with Crippen LogP contribution in [0.4, 0.5) is 0 Å². The molecule has 0 heterocycles. The summed E-state index contributed by atoms with van der Waals surface area (Å²) >= 11 is 5.29. The van der Waals surface area contributed by atoms with E-state index >= 15 is 0 Å². The second-order valence-corrected chi connectivity index (χ2v) is 1.87. The molecule has 0 aromatic heterocycles. The van der Waals surface area contributed by atoms with Gasteiger partial charge in [-0.2, -0.15) is 0 Å². The Hall–Kier alpha value is -0.300. The van der Waals surface area contributed by atoms with Crippen LogP contribution in [0.1, 0.15) is 19.8 Å². The van der Waals surface area contributed by atoms with Crippen molar-refractivity contribution in [1.29, 1.82) is 0 Å². The SMILES string of the molecule is C=C.CC(=O)CCCCl. The molecule has 0 radical (unpaired) electrons. The van der Waals surface area contributed by atoms with Crippen LogP contribution in [0.2, 0.25) is 0 Å². The normalized spacial score (nSPS) is 7.33. The number of carbonyl (C=O) groups is 1. The molecule has 0 aliphatic heterocycles. The smallest absolute Gasteiger partial charge is 0.129 e. The van der Waals surface area contributed by atoms with E-state index < -0.39 is 0 Å². The van der Waals surface area contributed by atoms with E-state index in [1.807, 2.05) is 0 Å². The molecule has 0 aromatic rings. The topological polar surface area (TPSA) is 17.1 Å². The van der Waals surface area contributed by atoms with Crippen molar-refractivity contribution >= 4 is 17.4 Å². The molecule has 9 heavy (non-hydrogen) atoms. The summed E-state index contributed by atoms with van der Waals surface area (Å²) < 4.78 is 0. The van der Waals surface area contributed by atoms with E-state index in [9.17, 15) is 4.79 Å². The predicted octanol–water partition coefficient (Wildman–Crippen LogP) is 2.40. The van der Waals surface area contributed by atoms with Gasteiger partial charge in [-0.1, -0.05) is 0 Å². The van der Waals surface area contributed by atoms with Crippen LogP contribution in [0.3, 0.4) is 0 Å². The summed E-state index contributed by atoms with van der Waals surface area (Å²) in [7, 11) is 0. The molecule has 0 unspecified atom stereocenters. The highest BCUT2D eigenvalue weighted by Gasteiger charge is 1.88. The standard InChI is InChI=1S/C5H9ClO.C2H4/c1-5(7)3-2-4-6;1-2/h2-4H2,1H3;1-2H2. The highest BCUT2D eigenvalue weighted by atomic mass is 35.5. The first-order valence-electron chi connectivity index (χ1n) is 2.82. The zero-order chi connectivity index (χ0) is 7.70. The fraction of sp³-hybridized carbons (Fsp3) is 0.571. The maximum Gasteiger partial charge on any atom is 0.129 e. The van der Waals surface area contributed by atoms with Crippen LogP contribution < -0.4 is 0 Å². The first-order valence-corrected chi connectivity index (χ1v) is 3.36. The van der Waals surface area contributed by atoms with Crippen LogP contribution in [0.25, 0.3) is 0 Å². The second kappa shape index (κ2) is 10.6. The first-order chi connectivity index (χ1) is 4.27. The Bertz CT molecular complexity index is 71.3. The lowest BCUT2D eigenvalue weighted by Gasteiger charge is -1.85. The Balaban J connectivity index is 0. The predicted molar refractivity (Wildman–Crippen MR) is 41.9 cm³/mol. The van der Waals surface area contributed by atoms with Crippen LogP contribution in [0.15, 0.2) is 13.2 Å². The van der Waals surface area contributed by atoms with Gasteiger partial charge in [-0.3, -0.25) is 0 Å². The van der Waals surface area contributed by atoms with Gasteiger partial charge in [-0.25, -0.2) is 0 Å². The summed E-state index contributed by atoms with van der Waals surface area (Å²) in [6, 6.07) is 0. The van der Waals surface area contributed by atoms with Gasteiger partial charge in [0, 0.05) is 12.3 Å². The van der Waals surface area contributed by atoms with Gasteiger partial charge < -0.3 is 4.79 Å². The fourth-order valence-corrected chi connectivity index (χ4v) is 0.449. The average Bonchev–Trinajstić information content (AvgIpc) is 1.88. The molecule has 0 fully saturated rings. The van der Waals surface area contributed by atoms with E-state index in [1.165, 1.54) is 0 Å². The Morgan fingerprint density at radius 1 is 1.56 bits per heavy atom. The monoisotopic (exact) mass is 148 g/mol. The van der Waals surface area contributed by atoms with Gasteiger partial charge in [0.15, 0.2) is 0 Å². The highest BCUT2D eigenvalue weighted by Crippen LogP contribution is 1.90. The van der Waals surface area contributed by atoms with E-state index in [0.717, 1.165) is 6.42 Å². The number of ketones is 1. The molecule has 1 nitrogen and oxygen atoms in total. The van der Waals surface area contributed by atoms with E-state index in [0.29, 0.717) is 12.3 Å². The van der Waals surface area contributed by atoms with E-state index in [1.54, 1.807) is 6.92 Å². The molecule has 0 rings (SSSR count). The van der Waals surface area contributed by atoms with Crippen LogP contribution in [-0.4, -0.2) is 11.7 Å². The van der Waals surface area contributed by atoms with Crippen molar-refractivity contribution in [3.05, 3.63) is 13.2 Å². The summed E-state index contributed by atoms with van der Waals surface area (Å²) in [6.07, 6.45) is 1.44. The van der Waals surface area contributed by atoms with E-state index in [-0.39, 0.29) is 5.78 Å². The summed E-state index contributed by atoms with van der Waals surface area (Å²) in [4.78, 5) is 10.1. The van der Waals surface area contributed by atoms with Crippen molar-refractivity contribution in [2.45, 2.75) is 19.8 Å². The first kappa shape index (κ1) is 11.5. The van der Waals surface area contributed by atoms with Crippen molar-refractivity contribution in [3.63, 3.8) is 0 Å². The number of alkyl halides is 1. The minimum Gasteiger partial charge on any atom is -0.300 e. The lowest BCUT2D eigenvalue weighted by atomic mass is 10.3. The van der Waals surface area contributed by atoms with Crippen molar-refractivity contribution in [1.82, 2.24) is 0 Å². The molecule has 0 aliphatic carbocycles. The third-order valence-corrected chi connectivity index (χ3v) is 0.930. The van der Waals surface area contributed by atoms with Crippen molar-refractivity contribution in [2.24, 2.45) is 0 Å². The van der Waals surface area contributed by atoms with Crippen LogP contribution in [-0.2, 0) is 4.79 Å². The number of Topliss-reactive ketones (excluding diaryl/α,β-unsaturated/α-hetero) is 1. The third-order valence-electron chi connectivity index (χ3n) is 0.662. The Labute approximate surface area is 61.7 Å². The molecule has 0 N–H and O–H groups in total. The maximum absolute atomic E-state index is 10.1. The van der Waals surface area contributed by atoms with Gasteiger partial charge >= 0.3 is 0 Å². The lowest BCUT2D eigenvalue weighted by Crippen LogP contribution is -1.88. The number of halogens is 1.